The van der Waals surface area contributed by atoms with Crippen LogP contribution in [0.25, 0.3) is 11.4 Å². The minimum absolute atomic E-state index is 0.546. The Kier molecular flexibility index (Phi) is 4.62. The first-order chi connectivity index (χ1) is 9.38. The van der Waals surface area contributed by atoms with E-state index in [2.05, 4.69) is 73.5 Å². The van der Waals surface area contributed by atoms with Crippen molar-refractivity contribution in [1.29, 1.82) is 0 Å². The summed E-state index contributed by atoms with van der Waals surface area (Å²) in [6.45, 7) is 8.54. The summed E-state index contributed by atoms with van der Waals surface area (Å²) in [7, 11) is 0. The van der Waals surface area contributed by atoms with Crippen molar-refractivity contribution in [2.24, 2.45) is 5.92 Å². The number of rotatable bonds is 3. The van der Waals surface area contributed by atoms with Crippen molar-refractivity contribution in [2.75, 3.05) is 5.73 Å². The van der Waals surface area contributed by atoms with Crippen LogP contribution in [-0.4, -0.2) is 9.97 Å². The van der Waals surface area contributed by atoms with Crippen LogP contribution >= 0.6 is 22.6 Å². The van der Waals surface area contributed by atoms with Crippen molar-refractivity contribution in [3.63, 3.8) is 0 Å². The third kappa shape index (κ3) is 3.29. The van der Waals surface area contributed by atoms with Gasteiger partial charge in [-0.15, -0.1) is 0 Å². The van der Waals surface area contributed by atoms with E-state index < -0.39 is 0 Å². The molecule has 0 spiro atoms. The lowest BCUT2D eigenvalue weighted by Crippen LogP contribution is -2.08. The zero-order chi connectivity index (χ0) is 14.9. The molecule has 2 aromatic rings. The third-order valence-electron chi connectivity index (χ3n) is 3.17. The Morgan fingerprint density at radius 2 is 1.90 bits per heavy atom. The van der Waals surface area contributed by atoms with Gasteiger partial charge in [0.2, 0.25) is 0 Å². The quantitative estimate of drug-likeness (QED) is 0.813. The molecule has 1 aromatic carbocycles. The fourth-order valence-electron chi connectivity index (χ4n) is 2.22. The van der Waals surface area contributed by atoms with Crippen LogP contribution in [0.2, 0.25) is 0 Å². The van der Waals surface area contributed by atoms with E-state index in [1.165, 1.54) is 11.1 Å². The van der Waals surface area contributed by atoms with Crippen molar-refractivity contribution in [1.82, 2.24) is 9.97 Å². The second kappa shape index (κ2) is 6.08. The minimum atomic E-state index is 0.546. The highest BCUT2D eigenvalue weighted by Crippen LogP contribution is 2.26. The predicted molar refractivity (Wildman–Crippen MR) is 92.6 cm³/mol. The van der Waals surface area contributed by atoms with Crippen molar-refractivity contribution in [2.45, 2.75) is 34.1 Å². The van der Waals surface area contributed by atoms with Gasteiger partial charge in [0.15, 0.2) is 5.82 Å². The van der Waals surface area contributed by atoms with Gasteiger partial charge in [0, 0.05) is 5.56 Å². The molecule has 0 unspecified atom stereocenters. The van der Waals surface area contributed by atoms with E-state index in [0.717, 1.165) is 27.1 Å². The normalized spacial score (nSPS) is 11.1. The van der Waals surface area contributed by atoms with E-state index in [9.17, 15) is 0 Å². The molecule has 0 saturated carbocycles. The molecule has 1 heterocycles. The average molecular weight is 381 g/mol. The van der Waals surface area contributed by atoms with Gasteiger partial charge in [-0.2, -0.15) is 0 Å². The van der Waals surface area contributed by atoms with Crippen LogP contribution in [0.3, 0.4) is 0 Å². The Bertz CT molecular complexity index is 636. The summed E-state index contributed by atoms with van der Waals surface area (Å²) in [5, 5.41) is 0. The molecular formula is C16H20IN3. The van der Waals surface area contributed by atoms with E-state index in [1.807, 2.05) is 0 Å². The van der Waals surface area contributed by atoms with Crippen molar-refractivity contribution >= 4 is 28.4 Å². The van der Waals surface area contributed by atoms with Crippen LogP contribution in [0.1, 0.15) is 30.7 Å². The number of nitrogens with two attached hydrogens (primary N) is 1. The van der Waals surface area contributed by atoms with E-state index in [-0.39, 0.29) is 0 Å². The summed E-state index contributed by atoms with van der Waals surface area (Å²) >= 11 is 2.24. The minimum Gasteiger partial charge on any atom is -0.383 e. The second-order valence-corrected chi connectivity index (χ2v) is 6.69. The maximum atomic E-state index is 6.06. The number of halogens is 1. The standard InChI is InChI=1S/C16H20IN3/c1-9(2)7-13-14(17)15(18)20-16(19-13)12-6-5-10(3)8-11(12)4/h5-6,8-9H,7H2,1-4H3,(H2,18,19,20). The molecule has 0 bridgehead atoms. The first-order valence-corrected chi connectivity index (χ1v) is 7.86. The van der Waals surface area contributed by atoms with Gasteiger partial charge in [-0.1, -0.05) is 37.6 Å². The highest BCUT2D eigenvalue weighted by atomic mass is 127. The van der Waals surface area contributed by atoms with Crippen molar-refractivity contribution < 1.29 is 0 Å². The number of nitrogen functional groups attached to an aromatic ring is 1. The lowest BCUT2D eigenvalue weighted by atomic mass is 10.0. The van der Waals surface area contributed by atoms with E-state index in [0.29, 0.717) is 11.7 Å². The molecule has 20 heavy (non-hydrogen) atoms. The Labute approximate surface area is 134 Å². The summed E-state index contributed by atoms with van der Waals surface area (Å²) in [6, 6.07) is 6.31. The number of benzene rings is 1. The maximum absolute atomic E-state index is 6.06. The van der Waals surface area contributed by atoms with E-state index in [1.54, 1.807) is 0 Å². The number of hydrogen-bond acceptors (Lipinski definition) is 3. The van der Waals surface area contributed by atoms with Crippen LogP contribution in [0.15, 0.2) is 18.2 Å². The molecule has 0 saturated heterocycles. The monoisotopic (exact) mass is 381 g/mol. The SMILES string of the molecule is Cc1ccc(-c2nc(N)c(I)c(CC(C)C)n2)c(C)c1. The van der Waals surface area contributed by atoms with Crippen LogP contribution in [0, 0.1) is 23.3 Å². The molecule has 0 fully saturated rings. The molecule has 0 aliphatic rings. The summed E-state index contributed by atoms with van der Waals surface area (Å²) in [5.74, 6) is 1.85. The Hall–Kier alpha value is -1.17. The summed E-state index contributed by atoms with van der Waals surface area (Å²) in [4.78, 5) is 9.20. The molecule has 0 radical (unpaired) electrons. The number of aryl methyl sites for hydroxylation is 2. The summed E-state index contributed by atoms with van der Waals surface area (Å²) in [5.41, 5.74) is 10.6. The Balaban J connectivity index is 2.54. The molecule has 0 aliphatic carbocycles. The highest BCUT2D eigenvalue weighted by Gasteiger charge is 2.13. The number of hydrogen-bond donors (Lipinski definition) is 1. The Morgan fingerprint density at radius 1 is 1.20 bits per heavy atom. The molecule has 2 rings (SSSR count). The number of aromatic nitrogens is 2. The van der Waals surface area contributed by atoms with Crippen LogP contribution in [-0.2, 0) is 6.42 Å². The zero-order valence-electron chi connectivity index (χ0n) is 12.4. The topological polar surface area (TPSA) is 51.8 Å². The fraction of sp³-hybridized carbons (Fsp3) is 0.375. The van der Waals surface area contributed by atoms with Crippen LogP contribution in [0.4, 0.5) is 5.82 Å². The fourth-order valence-corrected chi connectivity index (χ4v) is 2.68. The smallest absolute Gasteiger partial charge is 0.162 e. The first-order valence-electron chi connectivity index (χ1n) is 6.78. The largest absolute Gasteiger partial charge is 0.383 e. The molecule has 3 nitrogen and oxygen atoms in total. The van der Waals surface area contributed by atoms with E-state index in [4.69, 9.17) is 10.7 Å². The molecular weight excluding hydrogens is 361 g/mol. The molecule has 1 aromatic heterocycles. The van der Waals surface area contributed by atoms with Gasteiger partial charge >= 0.3 is 0 Å². The first kappa shape index (κ1) is 15.2. The molecule has 0 aliphatic heterocycles. The van der Waals surface area contributed by atoms with Crippen molar-refractivity contribution in [3.8, 4) is 11.4 Å². The maximum Gasteiger partial charge on any atom is 0.162 e. The van der Waals surface area contributed by atoms with E-state index >= 15 is 0 Å². The van der Waals surface area contributed by atoms with Gasteiger partial charge in [-0.05, 0) is 54.3 Å². The lowest BCUT2D eigenvalue weighted by Gasteiger charge is -2.12. The van der Waals surface area contributed by atoms with Gasteiger partial charge in [0.25, 0.3) is 0 Å². The number of nitrogens with zero attached hydrogens (tertiary/aromatic N) is 2. The van der Waals surface area contributed by atoms with Crippen molar-refractivity contribution in [3.05, 3.63) is 38.6 Å². The molecule has 2 N–H and O–H groups in total. The highest BCUT2D eigenvalue weighted by molar-refractivity contribution is 14.1. The molecule has 0 atom stereocenters. The molecule has 0 amide bonds. The zero-order valence-corrected chi connectivity index (χ0v) is 14.5. The third-order valence-corrected chi connectivity index (χ3v) is 4.35. The van der Waals surface area contributed by atoms with Gasteiger partial charge in [0.05, 0.1) is 9.26 Å². The number of anilines is 1. The van der Waals surface area contributed by atoms with Gasteiger partial charge in [-0.3, -0.25) is 0 Å². The summed E-state index contributed by atoms with van der Waals surface area (Å²) < 4.78 is 0.977. The lowest BCUT2D eigenvalue weighted by molar-refractivity contribution is 0.632. The predicted octanol–water partition coefficient (Wildman–Crippen LogP) is 4.15. The Morgan fingerprint density at radius 3 is 2.50 bits per heavy atom. The van der Waals surface area contributed by atoms with Crippen LogP contribution in [0.5, 0.6) is 0 Å². The van der Waals surface area contributed by atoms with Gasteiger partial charge in [0.1, 0.15) is 5.82 Å². The van der Waals surface area contributed by atoms with Gasteiger partial charge in [-0.25, -0.2) is 9.97 Å². The second-order valence-electron chi connectivity index (χ2n) is 5.61. The van der Waals surface area contributed by atoms with Gasteiger partial charge < -0.3 is 5.73 Å². The average Bonchev–Trinajstić information content (AvgIpc) is 2.34. The molecule has 106 valence electrons. The summed E-state index contributed by atoms with van der Waals surface area (Å²) in [6.07, 6.45) is 0.920. The van der Waals surface area contributed by atoms with Crippen LogP contribution < -0.4 is 5.73 Å². The molecule has 4 heteroatoms.